The third kappa shape index (κ3) is 9.69. The minimum atomic E-state index is -2.27. The molecule has 0 radical (unpaired) electrons. The van der Waals surface area contributed by atoms with Gasteiger partial charge in [-0.3, -0.25) is 14.4 Å². The number of ether oxygens (including phenoxy) is 4. The fraction of sp³-hybridized carbons (Fsp3) is 0.341. The molecule has 11 heteroatoms. The molecule has 0 bridgehead atoms. The van der Waals surface area contributed by atoms with E-state index in [-0.39, 0.29) is 12.5 Å². The summed E-state index contributed by atoms with van der Waals surface area (Å²) in [5, 5.41) is 7.24. The topological polar surface area (TPSA) is 121 Å². The van der Waals surface area contributed by atoms with Gasteiger partial charge in [0.05, 0.1) is 0 Å². The van der Waals surface area contributed by atoms with Gasteiger partial charge in [0.15, 0.2) is 6.10 Å². The zero-order valence-electron chi connectivity index (χ0n) is 29.9. The van der Waals surface area contributed by atoms with Crippen molar-refractivity contribution in [2.45, 2.75) is 71.0 Å². The molecule has 0 aliphatic carbocycles. The number of benzene rings is 3. The van der Waals surface area contributed by atoms with Gasteiger partial charge in [0, 0.05) is 20.8 Å². The summed E-state index contributed by atoms with van der Waals surface area (Å²) in [6.07, 6.45) is 4.33. The number of nitrogens with zero attached hydrogens (tertiary/aromatic N) is 1. The molecule has 4 aromatic rings. The van der Waals surface area contributed by atoms with Crippen LogP contribution in [0.4, 0.5) is 0 Å². The van der Waals surface area contributed by atoms with Crippen LogP contribution in [0.2, 0.25) is 0 Å². The minimum Gasteiger partial charge on any atom is -0.455 e. The fourth-order valence-electron chi connectivity index (χ4n) is 6.99. The fourth-order valence-corrected chi connectivity index (χ4v) is 11.9. The quantitative estimate of drug-likeness (QED) is 0.0597. The maximum Gasteiger partial charge on any atom is 0.303 e. The molecule has 1 aliphatic rings. The first kappa shape index (κ1) is 38.3. The number of esters is 3. The monoisotopic (exact) mass is 727 g/mol. The Kier molecular flexibility index (Phi) is 13.7. The number of carbonyl (C=O) groups excluding carboxylic acids is 4. The van der Waals surface area contributed by atoms with Crippen molar-refractivity contribution in [1.82, 2.24) is 5.32 Å². The summed E-state index contributed by atoms with van der Waals surface area (Å²) in [6, 6.07) is 36.1. The van der Waals surface area contributed by atoms with Gasteiger partial charge >= 0.3 is 227 Å². The number of hydrogen-bond acceptors (Lipinski definition) is 8. The van der Waals surface area contributed by atoms with E-state index >= 15 is 0 Å². The van der Waals surface area contributed by atoms with Gasteiger partial charge in [0.2, 0.25) is 6.10 Å². The number of rotatable bonds is 16. The van der Waals surface area contributed by atoms with Gasteiger partial charge in [-0.05, 0) is 0 Å². The summed E-state index contributed by atoms with van der Waals surface area (Å²) >= 11 is 0. The van der Waals surface area contributed by atoms with E-state index in [0.717, 1.165) is 31.8 Å². The number of carbonyl (C=O) groups is 4. The number of aromatic nitrogens is 1. The summed E-state index contributed by atoms with van der Waals surface area (Å²) in [7, 11) is -2.27. The van der Waals surface area contributed by atoms with Gasteiger partial charge in [0.25, 0.3) is 0 Å². The Labute approximate surface area is 305 Å². The van der Waals surface area contributed by atoms with Gasteiger partial charge in [-0.1, -0.05) is 0 Å². The summed E-state index contributed by atoms with van der Waals surface area (Å²) < 4.78 is 23.8. The predicted octanol–water partition coefficient (Wildman–Crippen LogP) is 4.31. The average molecular weight is 728 g/mol. The van der Waals surface area contributed by atoms with E-state index < -0.39 is 49.7 Å². The Bertz CT molecular complexity index is 1690. The minimum absolute atomic E-state index is 0.212. The SMILES string of the molecule is CC(=O)OC[C@H]1O[C@@H]([n+]2cccc(C(=O)NCCCCCC[PH](c3ccccc3)(c3ccccc3)c3ccccc3)c2)[C@H](OC(C)=O)[C@@H]1OC(C)=O. The van der Waals surface area contributed by atoms with Crippen LogP contribution in [0.3, 0.4) is 0 Å². The Morgan fingerprint density at radius 1 is 0.673 bits per heavy atom. The van der Waals surface area contributed by atoms with Crippen molar-refractivity contribution in [2.24, 2.45) is 0 Å². The van der Waals surface area contributed by atoms with E-state index in [9.17, 15) is 19.2 Å². The van der Waals surface area contributed by atoms with E-state index in [4.69, 9.17) is 18.9 Å². The molecule has 1 aromatic heterocycles. The molecule has 52 heavy (non-hydrogen) atoms. The number of nitrogens with one attached hydrogen (secondary N) is 1. The van der Waals surface area contributed by atoms with Crippen molar-refractivity contribution in [1.29, 1.82) is 0 Å². The third-order valence-corrected chi connectivity index (χ3v) is 14.3. The second-order valence-corrected chi connectivity index (χ2v) is 17.0. The number of amides is 1. The van der Waals surface area contributed by atoms with E-state index in [1.807, 2.05) is 0 Å². The van der Waals surface area contributed by atoms with E-state index in [1.165, 1.54) is 36.7 Å². The van der Waals surface area contributed by atoms with Crippen LogP contribution in [-0.4, -0.2) is 61.4 Å². The maximum atomic E-state index is 13.2. The second kappa shape index (κ2) is 18.5. The van der Waals surface area contributed by atoms with Crippen LogP contribution in [0.5, 0.6) is 0 Å². The predicted molar refractivity (Wildman–Crippen MR) is 200 cm³/mol. The number of unbranched alkanes of at least 4 members (excludes halogenated alkanes) is 3. The Morgan fingerprint density at radius 2 is 1.21 bits per heavy atom. The van der Waals surface area contributed by atoms with E-state index in [2.05, 4.69) is 96.3 Å². The average Bonchev–Trinajstić information content (AvgIpc) is 3.48. The third-order valence-electron chi connectivity index (χ3n) is 9.28. The molecular formula is C41H48N2O8P+. The zero-order chi connectivity index (χ0) is 36.9. The maximum absolute atomic E-state index is 13.2. The summed E-state index contributed by atoms with van der Waals surface area (Å²) in [5.41, 5.74) is 0.379. The normalized spacial score (nSPS) is 18.6. The standard InChI is InChI=1S/C41H47N2O8P/c1-30(44)48-29-37-38(49-31(2)45)39(50-32(3)46)41(51-37)43-26-17-18-33(28-43)40(47)42-25-15-4-5-16-27-52(34-19-9-6-10-20-34,35-21-11-7-12-22-35)36-23-13-8-14-24-36/h6-14,17-24,26,28,37-39,41,52H,4-5,15-16,25,27,29H2,1-3H3/p+1/t37-,38-,39-,41-/m1/s1. The summed E-state index contributed by atoms with van der Waals surface area (Å²) in [6.45, 7) is 4.03. The van der Waals surface area contributed by atoms with E-state index in [0.29, 0.717) is 12.1 Å². The molecule has 274 valence electrons. The first-order chi connectivity index (χ1) is 25.2. The molecule has 1 fully saturated rings. The van der Waals surface area contributed by atoms with Crippen LogP contribution in [0, 0.1) is 0 Å². The van der Waals surface area contributed by atoms with Crippen LogP contribution in [0.25, 0.3) is 0 Å². The van der Waals surface area contributed by atoms with Crippen molar-refractivity contribution in [3.05, 3.63) is 121 Å². The Hall–Kier alpha value is -4.92. The van der Waals surface area contributed by atoms with Crippen LogP contribution < -0.4 is 25.8 Å². The Balaban J connectivity index is 1.20. The van der Waals surface area contributed by atoms with Crippen LogP contribution in [0.15, 0.2) is 116 Å². The smallest absolute Gasteiger partial charge is 0.303 e. The number of hydrogen-bond donors (Lipinski definition) is 1. The molecular weight excluding hydrogens is 679 g/mol. The molecule has 0 unspecified atom stereocenters. The molecule has 1 N–H and O–H groups in total. The first-order valence-electron chi connectivity index (χ1n) is 17.8. The summed E-state index contributed by atoms with van der Waals surface area (Å²) in [4.78, 5) is 48.7. The van der Waals surface area contributed by atoms with Crippen LogP contribution >= 0.6 is 7.26 Å². The van der Waals surface area contributed by atoms with Crippen molar-refractivity contribution in [3.8, 4) is 0 Å². The number of pyridine rings is 1. The molecule has 1 aliphatic heterocycles. The van der Waals surface area contributed by atoms with Crippen molar-refractivity contribution < 1.29 is 42.7 Å². The molecule has 1 saturated heterocycles. The van der Waals surface area contributed by atoms with Gasteiger partial charge in [0.1, 0.15) is 12.7 Å². The summed E-state index contributed by atoms with van der Waals surface area (Å²) in [5.74, 6) is -2.01. The largest absolute Gasteiger partial charge is 0.455 e. The van der Waals surface area contributed by atoms with Crippen molar-refractivity contribution in [3.63, 3.8) is 0 Å². The zero-order valence-corrected chi connectivity index (χ0v) is 30.9. The second-order valence-electron chi connectivity index (χ2n) is 13.0. The van der Waals surface area contributed by atoms with Gasteiger partial charge in [-0.15, -0.1) is 0 Å². The van der Waals surface area contributed by atoms with Crippen LogP contribution in [0.1, 0.15) is 63.0 Å². The molecule has 0 saturated carbocycles. The molecule has 1 amide bonds. The first-order valence-corrected chi connectivity index (χ1v) is 20.0. The van der Waals surface area contributed by atoms with Gasteiger partial charge in [-0.25, -0.2) is 0 Å². The molecule has 5 rings (SSSR count). The molecule has 0 spiro atoms. The van der Waals surface area contributed by atoms with E-state index in [1.54, 1.807) is 29.1 Å². The molecule has 4 atom stereocenters. The van der Waals surface area contributed by atoms with Gasteiger partial charge < -0.3 is 18.9 Å². The van der Waals surface area contributed by atoms with Crippen LogP contribution in [-0.2, 0) is 33.3 Å². The molecule has 3 aromatic carbocycles. The van der Waals surface area contributed by atoms with Gasteiger partial charge in [-0.2, -0.15) is 0 Å². The molecule has 10 nitrogen and oxygen atoms in total. The van der Waals surface area contributed by atoms with Crippen molar-refractivity contribution in [2.75, 3.05) is 19.3 Å². The molecule has 2 heterocycles. The Morgan fingerprint density at radius 3 is 1.75 bits per heavy atom. The van der Waals surface area contributed by atoms with Crippen molar-refractivity contribution >= 4 is 47.0 Å².